The van der Waals surface area contributed by atoms with E-state index < -0.39 is 0 Å². The van der Waals surface area contributed by atoms with Crippen LogP contribution in [0.2, 0.25) is 0 Å². The van der Waals surface area contributed by atoms with Gasteiger partial charge < -0.3 is 14.4 Å². The standard InChI is InChI=1S/C24H35N3O2/c1-6-14-26(24(29)21-12-10-20(7-2)11-13-21)18-23(28)27(16-19(3)4)17-22-9-8-15-25(22)5/h8-13,15,19H,6-7,14,16-18H2,1-5H3. The van der Waals surface area contributed by atoms with Gasteiger partial charge in [-0.2, -0.15) is 0 Å². The lowest BCUT2D eigenvalue weighted by Gasteiger charge is -2.29. The molecule has 5 nitrogen and oxygen atoms in total. The van der Waals surface area contributed by atoms with Crippen molar-refractivity contribution >= 4 is 11.8 Å². The summed E-state index contributed by atoms with van der Waals surface area (Å²) in [5, 5.41) is 0. The number of hydrogen-bond acceptors (Lipinski definition) is 2. The summed E-state index contributed by atoms with van der Waals surface area (Å²) in [7, 11) is 1.99. The number of amides is 2. The van der Waals surface area contributed by atoms with Gasteiger partial charge in [0.05, 0.1) is 6.54 Å². The number of carbonyl (C=O) groups excluding carboxylic acids is 2. The number of benzene rings is 1. The van der Waals surface area contributed by atoms with Gasteiger partial charge in [0.2, 0.25) is 5.91 Å². The summed E-state index contributed by atoms with van der Waals surface area (Å²) < 4.78 is 2.03. The smallest absolute Gasteiger partial charge is 0.254 e. The van der Waals surface area contributed by atoms with Crippen molar-refractivity contribution in [2.45, 2.75) is 47.1 Å². The molecular formula is C24H35N3O2. The fraction of sp³-hybridized carbons (Fsp3) is 0.500. The van der Waals surface area contributed by atoms with Crippen LogP contribution in [0.5, 0.6) is 0 Å². The second kappa shape index (κ2) is 10.8. The molecule has 0 saturated carbocycles. The predicted octanol–water partition coefficient (Wildman–Crippen LogP) is 4.12. The molecule has 1 aromatic carbocycles. The quantitative estimate of drug-likeness (QED) is 0.605. The normalized spacial score (nSPS) is 11.0. The van der Waals surface area contributed by atoms with Gasteiger partial charge >= 0.3 is 0 Å². The van der Waals surface area contributed by atoms with Gasteiger partial charge in [-0.3, -0.25) is 9.59 Å². The van der Waals surface area contributed by atoms with Crippen LogP contribution < -0.4 is 0 Å². The van der Waals surface area contributed by atoms with Crippen molar-refractivity contribution in [2.24, 2.45) is 13.0 Å². The van der Waals surface area contributed by atoms with E-state index in [2.05, 4.69) is 20.8 Å². The lowest BCUT2D eigenvalue weighted by atomic mass is 10.1. The fourth-order valence-corrected chi connectivity index (χ4v) is 3.40. The number of rotatable bonds is 10. The first kappa shape index (κ1) is 22.7. The maximum Gasteiger partial charge on any atom is 0.254 e. The van der Waals surface area contributed by atoms with Crippen molar-refractivity contribution in [1.29, 1.82) is 0 Å². The molecule has 158 valence electrons. The van der Waals surface area contributed by atoms with Crippen LogP contribution in [0.4, 0.5) is 0 Å². The second-order valence-corrected chi connectivity index (χ2v) is 8.06. The molecule has 1 aromatic heterocycles. The highest BCUT2D eigenvalue weighted by Crippen LogP contribution is 2.12. The average Bonchev–Trinajstić information content (AvgIpc) is 3.10. The van der Waals surface area contributed by atoms with E-state index in [0.29, 0.717) is 31.1 Å². The van der Waals surface area contributed by atoms with E-state index >= 15 is 0 Å². The Labute approximate surface area is 175 Å². The molecule has 0 bridgehead atoms. The molecule has 5 heteroatoms. The van der Waals surface area contributed by atoms with Crippen molar-refractivity contribution in [2.75, 3.05) is 19.6 Å². The van der Waals surface area contributed by atoms with Gasteiger partial charge in [0.25, 0.3) is 5.91 Å². The highest BCUT2D eigenvalue weighted by atomic mass is 16.2. The zero-order chi connectivity index (χ0) is 21.4. The third-order valence-corrected chi connectivity index (χ3v) is 5.06. The minimum absolute atomic E-state index is 0.00752. The van der Waals surface area contributed by atoms with Crippen LogP contribution in [-0.4, -0.2) is 45.8 Å². The van der Waals surface area contributed by atoms with E-state index in [0.717, 1.165) is 18.5 Å². The van der Waals surface area contributed by atoms with Crippen molar-refractivity contribution in [3.63, 3.8) is 0 Å². The first-order valence-electron chi connectivity index (χ1n) is 10.6. The second-order valence-electron chi connectivity index (χ2n) is 8.06. The molecule has 0 N–H and O–H groups in total. The third kappa shape index (κ3) is 6.48. The molecule has 0 aliphatic heterocycles. The Balaban J connectivity index is 2.15. The first-order chi connectivity index (χ1) is 13.8. The molecule has 0 radical (unpaired) electrons. The molecule has 2 amide bonds. The van der Waals surface area contributed by atoms with Gasteiger partial charge in [0.1, 0.15) is 6.54 Å². The lowest BCUT2D eigenvalue weighted by Crippen LogP contribution is -2.44. The number of nitrogens with zero attached hydrogens (tertiary/aromatic N) is 3. The zero-order valence-electron chi connectivity index (χ0n) is 18.5. The zero-order valence-corrected chi connectivity index (χ0v) is 18.5. The van der Waals surface area contributed by atoms with Crippen LogP contribution in [0, 0.1) is 5.92 Å². The Morgan fingerprint density at radius 1 is 1.03 bits per heavy atom. The molecule has 0 fully saturated rings. The minimum Gasteiger partial charge on any atom is -0.353 e. The number of aromatic nitrogens is 1. The molecule has 0 aliphatic rings. The average molecular weight is 398 g/mol. The van der Waals surface area contributed by atoms with Gasteiger partial charge in [0, 0.05) is 37.6 Å². The Morgan fingerprint density at radius 3 is 2.24 bits per heavy atom. The monoisotopic (exact) mass is 397 g/mol. The van der Waals surface area contributed by atoms with Crippen molar-refractivity contribution in [3.8, 4) is 0 Å². The summed E-state index contributed by atoms with van der Waals surface area (Å²) in [5.41, 5.74) is 2.93. The Morgan fingerprint density at radius 2 is 1.72 bits per heavy atom. The first-order valence-corrected chi connectivity index (χ1v) is 10.6. The fourth-order valence-electron chi connectivity index (χ4n) is 3.40. The lowest BCUT2D eigenvalue weighted by molar-refractivity contribution is -0.133. The molecular weight excluding hydrogens is 362 g/mol. The summed E-state index contributed by atoms with van der Waals surface area (Å²) >= 11 is 0. The molecule has 2 rings (SSSR count). The van der Waals surface area contributed by atoms with Crippen LogP contribution in [0.25, 0.3) is 0 Å². The van der Waals surface area contributed by atoms with Crippen molar-refractivity contribution in [1.82, 2.24) is 14.4 Å². The summed E-state index contributed by atoms with van der Waals surface area (Å²) in [6.45, 7) is 10.2. The Hall–Kier alpha value is -2.56. The molecule has 0 unspecified atom stereocenters. The third-order valence-electron chi connectivity index (χ3n) is 5.06. The SMILES string of the molecule is CCCN(CC(=O)N(Cc1cccn1C)CC(C)C)C(=O)c1ccc(CC)cc1. The van der Waals surface area contributed by atoms with E-state index in [9.17, 15) is 9.59 Å². The number of hydrogen-bond donors (Lipinski definition) is 0. The summed E-state index contributed by atoms with van der Waals surface area (Å²) in [4.78, 5) is 29.8. The van der Waals surface area contributed by atoms with E-state index in [-0.39, 0.29) is 18.4 Å². The van der Waals surface area contributed by atoms with E-state index in [4.69, 9.17) is 0 Å². The summed E-state index contributed by atoms with van der Waals surface area (Å²) in [5.74, 6) is 0.272. The summed E-state index contributed by atoms with van der Waals surface area (Å²) in [6.07, 6.45) is 3.74. The highest BCUT2D eigenvalue weighted by Gasteiger charge is 2.23. The Kier molecular flexibility index (Phi) is 8.50. The van der Waals surface area contributed by atoms with Crippen molar-refractivity contribution < 1.29 is 9.59 Å². The van der Waals surface area contributed by atoms with Crippen LogP contribution in [0.1, 0.15) is 55.7 Å². The van der Waals surface area contributed by atoms with Gasteiger partial charge in [0.15, 0.2) is 0 Å². The Bertz CT molecular complexity index is 793. The maximum absolute atomic E-state index is 13.2. The molecule has 0 aliphatic carbocycles. The van der Waals surface area contributed by atoms with E-state index in [1.807, 2.05) is 66.0 Å². The molecule has 2 aromatic rings. The molecule has 0 atom stereocenters. The van der Waals surface area contributed by atoms with E-state index in [1.165, 1.54) is 5.56 Å². The number of aryl methyl sites for hydroxylation is 2. The molecule has 1 heterocycles. The molecule has 29 heavy (non-hydrogen) atoms. The van der Waals surface area contributed by atoms with Gasteiger partial charge in [-0.25, -0.2) is 0 Å². The molecule has 0 saturated heterocycles. The topological polar surface area (TPSA) is 45.6 Å². The number of carbonyl (C=O) groups is 2. The minimum atomic E-state index is -0.0776. The van der Waals surface area contributed by atoms with Gasteiger partial charge in [-0.15, -0.1) is 0 Å². The maximum atomic E-state index is 13.2. The van der Waals surface area contributed by atoms with Crippen LogP contribution in [0.3, 0.4) is 0 Å². The van der Waals surface area contributed by atoms with Crippen LogP contribution in [0.15, 0.2) is 42.6 Å². The van der Waals surface area contributed by atoms with Crippen molar-refractivity contribution in [3.05, 3.63) is 59.4 Å². The van der Waals surface area contributed by atoms with Gasteiger partial charge in [-0.05, 0) is 48.6 Å². The highest BCUT2D eigenvalue weighted by molar-refractivity contribution is 5.96. The predicted molar refractivity (Wildman–Crippen MR) is 118 cm³/mol. The largest absolute Gasteiger partial charge is 0.353 e. The van der Waals surface area contributed by atoms with Crippen LogP contribution in [-0.2, 0) is 24.8 Å². The molecule has 0 spiro atoms. The van der Waals surface area contributed by atoms with Gasteiger partial charge in [-0.1, -0.05) is 39.8 Å². The summed E-state index contributed by atoms with van der Waals surface area (Å²) in [6, 6.07) is 11.7. The van der Waals surface area contributed by atoms with Crippen LogP contribution >= 0.6 is 0 Å². The van der Waals surface area contributed by atoms with E-state index in [1.54, 1.807) is 4.90 Å².